The van der Waals surface area contributed by atoms with E-state index >= 15 is 0 Å². The number of halogens is 2. The predicted octanol–water partition coefficient (Wildman–Crippen LogP) is 6.54. The lowest BCUT2D eigenvalue weighted by Crippen LogP contribution is -1.97. The summed E-state index contributed by atoms with van der Waals surface area (Å²) in [6.45, 7) is 0.234. The largest absolute Gasteiger partial charge is 0.488 e. The number of nitrogens with zero attached hydrogens (tertiary/aromatic N) is 2. The van der Waals surface area contributed by atoms with Gasteiger partial charge in [-0.3, -0.25) is 10.1 Å². The first-order valence-electron chi connectivity index (χ1n) is 8.50. The smallest absolute Gasteiger partial charge is 0.269 e. The number of allylic oxidation sites excluding steroid dienone is 1. The van der Waals surface area contributed by atoms with E-state index in [0.29, 0.717) is 26.9 Å². The first kappa shape index (κ1) is 20.4. The molecule has 0 spiro atoms. The highest BCUT2D eigenvalue weighted by molar-refractivity contribution is 6.42. The number of hydrogen-bond donors (Lipinski definition) is 0. The van der Waals surface area contributed by atoms with Crippen LogP contribution in [0.25, 0.3) is 11.6 Å². The molecule has 3 aromatic rings. The fourth-order valence-electron chi connectivity index (χ4n) is 2.61. The third-order valence-corrected chi connectivity index (χ3v) is 4.85. The maximum Gasteiger partial charge on any atom is 0.269 e. The summed E-state index contributed by atoms with van der Waals surface area (Å²) in [5.41, 5.74) is 2.59. The zero-order valence-electron chi connectivity index (χ0n) is 15.0. The number of ether oxygens (including phenoxy) is 1. The highest BCUT2D eigenvalue weighted by Crippen LogP contribution is 2.29. The third-order valence-electron chi connectivity index (χ3n) is 4.11. The van der Waals surface area contributed by atoms with Gasteiger partial charge in [0.1, 0.15) is 12.4 Å². The molecule has 0 aliphatic rings. The number of benzene rings is 3. The second-order valence-corrected chi connectivity index (χ2v) is 6.86. The van der Waals surface area contributed by atoms with Gasteiger partial charge in [0.2, 0.25) is 0 Å². The molecule has 3 aromatic carbocycles. The summed E-state index contributed by atoms with van der Waals surface area (Å²) in [5.74, 6) is 0.582. The van der Waals surface area contributed by atoms with E-state index in [9.17, 15) is 15.4 Å². The minimum absolute atomic E-state index is 0.0253. The van der Waals surface area contributed by atoms with E-state index in [1.54, 1.807) is 42.5 Å². The van der Waals surface area contributed by atoms with Gasteiger partial charge in [0.05, 0.1) is 26.6 Å². The lowest BCUT2D eigenvalue weighted by molar-refractivity contribution is -0.384. The topological polar surface area (TPSA) is 76.2 Å². The van der Waals surface area contributed by atoms with Crippen molar-refractivity contribution in [2.45, 2.75) is 6.61 Å². The van der Waals surface area contributed by atoms with Gasteiger partial charge in [-0.2, -0.15) is 5.26 Å². The van der Waals surface area contributed by atoms with Crippen LogP contribution >= 0.6 is 23.2 Å². The maximum atomic E-state index is 10.7. The van der Waals surface area contributed by atoms with Crippen molar-refractivity contribution < 1.29 is 9.66 Å². The van der Waals surface area contributed by atoms with Crippen LogP contribution in [0.4, 0.5) is 5.69 Å². The van der Waals surface area contributed by atoms with Crippen LogP contribution in [-0.4, -0.2) is 4.92 Å². The lowest BCUT2D eigenvalue weighted by Gasteiger charge is -2.10. The van der Waals surface area contributed by atoms with Crippen LogP contribution in [0.1, 0.15) is 16.7 Å². The molecule has 0 radical (unpaired) electrons. The Morgan fingerprint density at radius 2 is 1.79 bits per heavy atom. The van der Waals surface area contributed by atoms with Crippen molar-refractivity contribution in [2.24, 2.45) is 0 Å². The van der Waals surface area contributed by atoms with E-state index in [1.165, 1.54) is 12.1 Å². The summed E-state index contributed by atoms with van der Waals surface area (Å²) in [4.78, 5) is 10.3. The van der Waals surface area contributed by atoms with E-state index in [4.69, 9.17) is 27.9 Å². The molecule has 0 amide bonds. The van der Waals surface area contributed by atoms with Crippen LogP contribution in [0.3, 0.4) is 0 Å². The van der Waals surface area contributed by atoms with Crippen LogP contribution in [0.15, 0.2) is 66.7 Å². The standard InChI is InChI=1S/C22H14Cl2N2O3/c23-20-10-7-16(12-21(20)24)18(13-25)11-17-3-1-2-4-22(17)29-14-15-5-8-19(9-6-15)26(27)28/h1-12H,14H2/b18-11-. The molecule has 0 saturated carbocycles. The van der Waals surface area contributed by atoms with Crippen LogP contribution in [0.5, 0.6) is 5.75 Å². The monoisotopic (exact) mass is 424 g/mol. The molecule has 29 heavy (non-hydrogen) atoms. The summed E-state index contributed by atoms with van der Waals surface area (Å²) in [6, 6.07) is 20.6. The normalized spacial score (nSPS) is 11.0. The number of nitro groups is 1. The van der Waals surface area contributed by atoms with Gasteiger partial charge in [-0.15, -0.1) is 0 Å². The minimum atomic E-state index is -0.447. The molecule has 0 saturated heterocycles. The molecule has 0 N–H and O–H groups in total. The van der Waals surface area contributed by atoms with Crippen molar-refractivity contribution in [3.63, 3.8) is 0 Å². The van der Waals surface area contributed by atoms with Crippen molar-refractivity contribution in [1.82, 2.24) is 0 Å². The van der Waals surface area contributed by atoms with Crippen LogP contribution in [-0.2, 0) is 6.61 Å². The van der Waals surface area contributed by atoms with E-state index in [2.05, 4.69) is 6.07 Å². The average Bonchev–Trinajstić information content (AvgIpc) is 2.73. The Hall–Kier alpha value is -3.33. The van der Waals surface area contributed by atoms with Crippen molar-refractivity contribution in [2.75, 3.05) is 0 Å². The molecule has 0 fully saturated rings. The Kier molecular flexibility index (Phi) is 6.50. The zero-order valence-corrected chi connectivity index (χ0v) is 16.5. The molecule has 3 rings (SSSR count). The Balaban J connectivity index is 1.84. The van der Waals surface area contributed by atoms with Gasteiger partial charge in [-0.1, -0.05) is 47.5 Å². The number of hydrogen-bond acceptors (Lipinski definition) is 4. The van der Waals surface area contributed by atoms with Crippen LogP contribution in [0.2, 0.25) is 10.0 Å². The molecule has 144 valence electrons. The molecule has 0 aromatic heterocycles. The average molecular weight is 425 g/mol. The summed E-state index contributed by atoms with van der Waals surface area (Å²) in [7, 11) is 0. The molecule has 7 heteroatoms. The Morgan fingerprint density at radius 1 is 1.07 bits per heavy atom. The number of para-hydroxylation sites is 1. The van der Waals surface area contributed by atoms with Gasteiger partial charge in [0.15, 0.2) is 0 Å². The van der Waals surface area contributed by atoms with Crippen molar-refractivity contribution >= 4 is 40.5 Å². The first-order chi connectivity index (χ1) is 14.0. The Labute approximate surface area is 177 Å². The SMILES string of the molecule is N#C/C(=C/c1ccccc1OCc1ccc([N+](=O)[O-])cc1)c1ccc(Cl)c(Cl)c1. The summed E-state index contributed by atoms with van der Waals surface area (Å²) < 4.78 is 5.88. The molecule has 0 atom stereocenters. The lowest BCUT2D eigenvalue weighted by atomic mass is 10.0. The quantitative estimate of drug-likeness (QED) is 0.194. The molecule has 0 heterocycles. The minimum Gasteiger partial charge on any atom is -0.488 e. The predicted molar refractivity (Wildman–Crippen MR) is 114 cm³/mol. The molecule has 0 bridgehead atoms. The van der Waals surface area contributed by atoms with Crippen LogP contribution < -0.4 is 4.74 Å². The number of non-ortho nitro benzene ring substituents is 1. The number of nitro benzene ring substituents is 1. The van der Waals surface area contributed by atoms with Crippen molar-refractivity contribution in [3.8, 4) is 11.8 Å². The van der Waals surface area contributed by atoms with E-state index in [0.717, 1.165) is 11.1 Å². The second-order valence-electron chi connectivity index (χ2n) is 6.05. The van der Waals surface area contributed by atoms with E-state index in [1.807, 2.05) is 18.2 Å². The van der Waals surface area contributed by atoms with Gasteiger partial charge in [0.25, 0.3) is 5.69 Å². The highest BCUT2D eigenvalue weighted by atomic mass is 35.5. The molecule has 0 unspecified atom stereocenters. The van der Waals surface area contributed by atoms with E-state index < -0.39 is 4.92 Å². The van der Waals surface area contributed by atoms with Gasteiger partial charge >= 0.3 is 0 Å². The molecular weight excluding hydrogens is 411 g/mol. The van der Waals surface area contributed by atoms with Gasteiger partial charge in [-0.25, -0.2) is 0 Å². The van der Waals surface area contributed by atoms with Gasteiger partial charge in [-0.05, 0) is 47.5 Å². The molecular formula is C22H14Cl2N2O3. The van der Waals surface area contributed by atoms with Crippen molar-refractivity contribution in [3.05, 3.63) is 104 Å². The number of rotatable bonds is 6. The summed E-state index contributed by atoms with van der Waals surface area (Å²) in [6.07, 6.45) is 1.71. The number of nitriles is 1. The third kappa shape index (κ3) is 5.14. The molecule has 0 aliphatic carbocycles. The highest BCUT2D eigenvalue weighted by Gasteiger charge is 2.09. The Bertz CT molecular complexity index is 1120. The fourth-order valence-corrected chi connectivity index (χ4v) is 2.90. The summed E-state index contributed by atoms with van der Waals surface area (Å²) in [5, 5.41) is 21.1. The van der Waals surface area contributed by atoms with Gasteiger partial charge in [0, 0.05) is 17.7 Å². The Morgan fingerprint density at radius 3 is 2.45 bits per heavy atom. The van der Waals surface area contributed by atoms with Gasteiger partial charge < -0.3 is 4.74 Å². The maximum absolute atomic E-state index is 10.7. The zero-order chi connectivity index (χ0) is 20.8. The first-order valence-corrected chi connectivity index (χ1v) is 9.26. The molecule has 5 nitrogen and oxygen atoms in total. The summed E-state index contributed by atoms with van der Waals surface area (Å²) >= 11 is 12.0. The fraction of sp³-hybridized carbons (Fsp3) is 0.0455. The van der Waals surface area contributed by atoms with Crippen molar-refractivity contribution in [1.29, 1.82) is 5.26 Å². The molecule has 0 aliphatic heterocycles. The van der Waals surface area contributed by atoms with Crippen LogP contribution in [0, 0.1) is 21.4 Å². The second kappa shape index (κ2) is 9.24. The van der Waals surface area contributed by atoms with E-state index in [-0.39, 0.29) is 12.3 Å².